The fourth-order valence-electron chi connectivity index (χ4n) is 3.12. The zero-order valence-electron chi connectivity index (χ0n) is 14.5. The Hall–Kier alpha value is -1.84. The first-order valence-corrected chi connectivity index (χ1v) is 8.55. The van der Waals surface area contributed by atoms with Gasteiger partial charge in [-0.3, -0.25) is 9.59 Å². The van der Waals surface area contributed by atoms with E-state index in [9.17, 15) is 9.59 Å². The van der Waals surface area contributed by atoms with Crippen molar-refractivity contribution in [1.29, 1.82) is 0 Å². The largest absolute Gasteiger partial charge is 0.341 e. The van der Waals surface area contributed by atoms with Gasteiger partial charge in [0.05, 0.1) is 0 Å². The van der Waals surface area contributed by atoms with E-state index in [2.05, 4.69) is 26.0 Å². The summed E-state index contributed by atoms with van der Waals surface area (Å²) >= 11 is 0. The third-order valence-corrected chi connectivity index (χ3v) is 4.65. The van der Waals surface area contributed by atoms with Crippen molar-refractivity contribution >= 4 is 11.8 Å². The number of carbonyl (C=O) groups is 2. The Kier molecular flexibility index (Phi) is 5.80. The second-order valence-corrected chi connectivity index (χ2v) is 6.90. The first kappa shape index (κ1) is 17.5. The Labute approximate surface area is 139 Å². The second-order valence-electron chi connectivity index (χ2n) is 6.90. The van der Waals surface area contributed by atoms with Crippen molar-refractivity contribution in [2.24, 2.45) is 0 Å². The van der Waals surface area contributed by atoms with E-state index in [1.165, 1.54) is 5.56 Å². The van der Waals surface area contributed by atoms with Gasteiger partial charge in [0.15, 0.2) is 0 Å². The summed E-state index contributed by atoms with van der Waals surface area (Å²) in [6.07, 6.45) is 1.90. The molecule has 1 aromatic carbocycles. The molecule has 0 aromatic heterocycles. The molecular formula is C19H28N2O2. The van der Waals surface area contributed by atoms with Gasteiger partial charge in [-0.2, -0.15) is 0 Å². The average molecular weight is 316 g/mol. The summed E-state index contributed by atoms with van der Waals surface area (Å²) in [7, 11) is 0. The van der Waals surface area contributed by atoms with E-state index >= 15 is 0 Å². The van der Waals surface area contributed by atoms with Gasteiger partial charge in [0, 0.05) is 39.0 Å². The van der Waals surface area contributed by atoms with E-state index in [-0.39, 0.29) is 17.2 Å². The molecule has 1 aliphatic heterocycles. The minimum atomic E-state index is -0.177. The quantitative estimate of drug-likeness (QED) is 0.857. The maximum Gasteiger partial charge on any atom is 0.223 e. The molecule has 0 saturated carbocycles. The van der Waals surface area contributed by atoms with E-state index in [0.29, 0.717) is 25.9 Å². The molecule has 1 heterocycles. The highest BCUT2D eigenvalue weighted by Crippen LogP contribution is 2.27. The predicted molar refractivity (Wildman–Crippen MR) is 92.2 cm³/mol. The molecule has 0 atom stereocenters. The standard InChI is InChI=1S/C19H28N2O2/c1-4-17(22)20-11-8-12-21(14-13-20)18(23)15-19(2,3)16-9-6-5-7-10-16/h5-7,9-10H,4,8,11-15H2,1-3H3. The summed E-state index contributed by atoms with van der Waals surface area (Å²) in [4.78, 5) is 28.3. The van der Waals surface area contributed by atoms with Crippen molar-refractivity contribution in [2.45, 2.75) is 45.4 Å². The van der Waals surface area contributed by atoms with Crippen molar-refractivity contribution in [2.75, 3.05) is 26.2 Å². The van der Waals surface area contributed by atoms with Crippen LogP contribution in [0.25, 0.3) is 0 Å². The second kappa shape index (κ2) is 7.62. The molecule has 1 saturated heterocycles. The monoisotopic (exact) mass is 316 g/mol. The van der Waals surface area contributed by atoms with Crippen molar-refractivity contribution in [3.63, 3.8) is 0 Å². The lowest BCUT2D eigenvalue weighted by Gasteiger charge is -2.29. The zero-order chi connectivity index (χ0) is 16.9. The summed E-state index contributed by atoms with van der Waals surface area (Å²) < 4.78 is 0. The normalized spacial score (nSPS) is 16.1. The number of hydrogen-bond donors (Lipinski definition) is 0. The Morgan fingerprint density at radius 2 is 1.52 bits per heavy atom. The fourth-order valence-corrected chi connectivity index (χ4v) is 3.12. The van der Waals surface area contributed by atoms with Gasteiger partial charge >= 0.3 is 0 Å². The topological polar surface area (TPSA) is 40.6 Å². The Bertz CT molecular complexity index is 540. The van der Waals surface area contributed by atoms with Crippen LogP contribution in [0.1, 0.15) is 45.6 Å². The summed E-state index contributed by atoms with van der Waals surface area (Å²) in [6, 6.07) is 10.2. The Morgan fingerprint density at radius 3 is 2.09 bits per heavy atom. The summed E-state index contributed by atoms with van der Waals surface area (Å²) in [5, 5.41) is 0. The maximum absolute atomic E-state index is 12.7. The number of benzene rings is 1. The zero-order valence-corrected chi connectivity index (χ0v) is 14.5. The van der Waals surface area contributed by atoms with Gasteiger partial charge in [-0.1, -0.05) is 51.1 Å². The molecule has 23 heavy (non-hydrogen) atoms. The lowest BCUT2D eigenvalue weighted by molar-refractivity contribution is -0.134. The highest BCUT2D eigenvalue weighted by atomic mass is 16.2. The van der Waals surface area contributed by atoms with Crippen LogP contribution in [0.5, 0.6) is 0 Å². The molecule has 0 unspecified atom stereocenters. The van der Waals surface area contributed by atoms with Gasteiger partial charge in [-0.15, -0.1) is 0 Å². The average Bonchev–Trinajstić information content (AvgIpc) is 2.80. The third-order valence-electron chi connectivity index (χ3n) is 4.65. The summed E-state index contributed by atoms with van der Waals surface area (Å²) in [5.41, 5.74) is 1.01. The molecule has 1 fully saturated rings. The highest BCUT2D eigenvalue weighted by molar-refractivity contribution is 5.78. The number of carbonyl (C=O) groups excluding carboxylic acids is 2. The van der Waals surface area contributed by atoms with Crippen molar-refractivity contribution < 1.29 is 9.59 Å². The molecule has 0 N–H and O–H groups in total. The van der Waals surface area contributed by atoms with E-state index in [1.54, 1.807) is 0 Å². The minimum absolute atomic E-state index is 0.177. The summed E-state index contributed by atoms with van der Waals surface area (Å²) in [5.74, 6) is 0.369. The predicted octanol–water partition coefficient (Wildman–Crippen LogP) is 2.83. The molecule has 1 aromatic rings. The van der Waals surface area contributed by atoms with Gasteiger partial charge in [0.25, 0.3) is 0 Å². The number of rotatable bonds is 4. The van der Waals surface area contributed by atoms with Gasteiger partial charge in [-0.25, -0.2) is 0 Å². The van der Waals surface area contributed by atoms with E-state index in [4.69, 9.17) is 0 Å². The minimum Gasteiger partial charge on any atom is -0.341 e. The molecule has 0 bridgehead atoms. The first-order chi connectivity index (χ1) is 10.9. The van der Waals surface area contributed by atoms with Crippen molar-refractivity contribution in [1.82, 2.24) is 9.80 Å². The lowest BCUT2D eigenvalue weighted by atomic mass is 9.81. The van der Waals surface area contributed by atoms with Crippen LogP contribution in [0, 0.1) is 0 Å². The maximum atomic E-state index is 12.7. The number of amides is 2. The number of nitrogens with zero attached hydrogens (tertiary/aromatic N) is 2. The van der Waals surface area contributed by atoms with Gasteiger partial charge < -0.3 is 9.80 Å². The Balaban J connectivity index is 1.97. The molecule has 4 heteroatoms. The number of hydrogen-bond acceptors (Lipinski definition) is 2. The van der Waals surface area contributed by atoms with Crippen LogP contribution < -0.4 is 0 Å². The van der Waals surface area contributed by atoms with E-state index < -0.39 is 0 Å². The van der Waals surface area contributed by atoms with Crippen molar-refractivity contribution in [3.8, 4) is 0 Å². The Morgan fingerprint density at radius 1 is 0.957 bits per heavy atom. The van der Waals surface area contributed by atoms with Crippen LogP contribution >= 0.6 is 0 Å². The molecule has 2 amide bonds. The summed E-state index contributed by atoms with van der Waals surface area (Å²) in [6.45, 7) is 8.93. The van der Waals surface area contributed by atoms with Crippen LogP contribution in [0.4, 0.5) is 0 Å². The van der Waals surface area contributed by atoms with Gasteiger partial charge in [0.1, 0.15) is 0 Å². The van der Waals surface area contributed by atoms with E-state index in [0.717, 1.165) is 19.5 Å². The first-order valence-electron chi connectivity index (χ1n) is 8.55. The molecule has 0 spiro atoms. The van der Waals surface area contributed by atoms with Gasteiger partial charge in [0.2, 0.25) is 11.8 Å². The van der Waals surface area contributed by atoms with Crippen LogP contribution in [0.3, 0.4) is 0 Å². The van der Waals surface area contributed by atoms with Crippen LogP contribution in [-0.4, -0.2) is 47.8 Å². The van der Waals surface area contributed by atoms with Gasteiger partial charge in [-0.05, 0) is 17.4 Å². The van der Waals surface area contributed by atoms with Crippen LogP contribution in [-0.2, 0) is 15.0 Å². The molecule has 0 radical (unpaired) electrons. The molecule has 1 aliphatic rings. The molecule has 2 rings (SSSR count). The molecule has 126 valence electrons. The SMILES string of the molecule is CCC(=O)N1CCCN(C(=O)CC(C)(C)c2ccccc2)CC1. The third kappa shape index (κ3) is 4.57. The molecule has 4 nitrogen and oxygen atoms in total. The van der Waals surface area contributed by atoms with Crippen LogP contribution in [0.15, 0.2) is 30.3 Å². The smallest absolute Gasteiger partial charge is 0.223 e. The molecular weight excluding hydrogens is 288 g/mol. The highest BCUT2D eigenvalue weighted by Gasteiger charge is 2.28. The molecule has 0 aliphatic carbocycles. The fraction of sp³-hybridized carbons (Fsp3) is 0.579. The van der Waals surface area contributed by atoms with Crippen LogP contribution in [0.2, 0.25) is 0 Å². The van der Waals surface area contributed by atoms with Crippen molar-refractivity contribution in [3.05, 3.63) is 35.9 Å². The lowest BCUT2D eigenvalue weighted by Crippen LogP contribution is -2.39. The van der Waals surface area contributed by atoms with E-state index in [1.807, 2.05) is 34.9 Å².